The highest BCUT2D eigenvalue weighted by molar-refractivity contribution is 8.30. The smallest absolute Gasteiger partial charge is 0.322 e. The van der Waals surface area contributed by atoms with Crippen molar-refractivity contribution in [1.82, 2.24) is 4.98 Å². The molecule has 1 aromatic carbocycles. The van der Waals surface area contributed by atoms with Gasteiger partial charge in [0, 0.05) is 34.6 Å². The fourth-order valence-electron chi connectivity index (χ4n) is 1.86. The topological polar surface area (TPSA) is 88.5 Å². The first-order valence-corrected chi connectivity index (χ1v) is 8.83. The van der Waals surface area contributed by atoms with Crippen molar-refractivity contribution < 1.29 is 18.3 Å². The molecule has 0 radical (unpaired) electrons. The van der Waals surface area contributed by atoms with E-state index in [-0.39, 0.29) is 12.4 Å². The summed E-state index contributed by atoms with van der Waals surface area (Å²) in [6.07, 6.45) is 1.31. The molecule has 0 saturated carbocycles. The van der Waals surface area contributed by atoms with E-state index in [1.54, 1.807) is 18.2 Å². The maximum atomic E-state index is 11.5. The van der Waals surface area contributed by atoms with Gasteiger partial charge in [-0.3, -0.25) is 4.79 Å². The van der Waals surface area contributed by atoms with Gasteiger partial charge in [-0.25, -0.2) is 9.19 Å². The first kappa shape index (κ1) is 15.5. The number of carbonyl (C=O) groups is 1. The molecule has 1 aromatic heterocycles. The van der Waals surface area contributed by atoms with Crippen LogP contribution in [0.5, 0.6) is 5.88 Å². The number of nitrogens with zero attached hydrogens (tertiary/aromatic N) is 1. The Balaban J connectivity index is 2.42. The molecule has 6 nitrogen and oxygen atoms in total. The van der Waals surface area contributed by atoms with Crippen LogP contribution < -0.4 is 9.50 Å². The van der Waals surface area contributed by atoms with Crippen molar-refractivity contribution in [2.45, 2.75) is 6.92 Å². The van der Waals surface area contributed by atoms with Crippen LogP contribution in [-0.4, -0.2) is 33.1 Å². The van der Waals surface area contributed by atoms with Crippen molar-refractivity contribution in [2.75, 3.05) is 18.1 Å². The number of carboxylic acid groups (broad SMARTS) is 1. The Morgan fingerprint density at radius 3 is 2.81 bits per heavy atom. The van der Waals surface area contributed by atoms with Crippen molar-refractivity contribution in [3.05, 3.63) is 29.8 Å². The highest BCUT2D eigenvalue weighted by atomic mass is 32.8. The zero-order valence-electron chi connectivity index (χ0n) is 11.5. The number of hydrogen-bond acceptors (Lipinski definition) is 6. The Hall–Kier alpha value is -1.93. The number of benzene rings is 1. The minimum absolute atomic E-state index is 0.185. The van der Waals surface area contributed by atoms with E-state index in [1.807, 2.05) is 13.0 Å². The molecule has 1 unspecified atom stereocenters. The van der Waals surface area contributed by atoms with Crippen molar-refractivity contribution in [3.63, 3.8) is 0 Å². The lowest BCUT2D eigenvalue weighted by atomic mass is 10.1. The van der Waals surface area contributed by atoms with Crippen LogP contribution in [-0.2, 0) is 24.8 Å². The number of aryl methyl sites for hydroxylation is 1. The third-order valence-corrected chi connectivity index (χ3v) is 3.35. The third-order valence-electron chi connectivity index (χ3n) is 2.67. The summed E-state index contributed by atoms with van der Waals surface area (Å²) >= 11 is 4.72. The van der Waals surface area contributed by atoms with Gasteiger partial charge < -0.3 is 14.6 Å². The predicted octanol–water partition coefficient (Wildman–Crippen LogP) is 1.71. The largest absolute Gasteiger partial charge is 0.480 e. The summed E-state index contributed by atoms with van der Waals surface area (Å²) in [5.41, 5.74) is 2.14. The Morgan fingerprint density at radius 2 is 2.19 bits per heavy atom. The molecule has 2 rings (SSSR count). The number of aliphatic carboxylic acids is 1. The van der Waals surface area contributed by atoms with E-state index in [9.17, 15) is 9.00 Å². The molecule has 8 heteroatoms. The molecule has 0 aliphatic heterocycles. The van der Waals surface area contributed by atoms with Gasteiger partial charge in [0.15, 0.2) is 8.77 Å². The van der Waals surface area contributed by atoms with Gasteiger partial charge in [-0.1, -0.05) is 6.07 Å². The minimum Gasteiger partial charge on any atom is -0.480 e. The second kappa shape index (κ2) is 5.82. The number of hydrogen-bond donors (Lipinski definition) is 2. The number of aromatic nitrogens is 1. The maximum Gasteiger partial charge on any atom is 0.322 e. The zero-order chi connectivity index (χ0) is 15.6. The second-order valence-electron chi connectivity index (χ2n) is 4.54. The highest BCUT2D eigenvalue weighted by Crippen LogP contribution is 2.24. The molecule has 0 spiro atoms. The van der Waals surface area contributed by atoms with E-state index in [1.165, 1.54) is 6.26 Å². The van der Waals surface area contributed by atoms with Gasteiger partial charge in [-0.15, -0.1) is 0 Å². The molecule has 1 atom stereocenters. The Kier molecular flexibility index (Phi) is 4.29. The van der Waals surface area contributed by atoms with Crippen LogP contribution in [0.15, 0.2) is 24.3 Å². The summed E-state index contributed by atoms with van der Waals surface area (Å²) in [5.74, 6) is -0.758. The lowest BCUT2D eigenvalue weighted by Gasteiger charge is -2.09. The predicted molar refractivity (Wildman–Crippen MR) is 84.7 cm³/mol. The van der Waals surface area contributed by atoms with Crippen LogP contribution in [0, 0.1) is 6.92 Å². The SMILES string of the molecule is Cc1cc(OS(C)(=O)=S)nc2cc(NCC(=O)O)ccc12. The normalized spacial score (nSPS) is 13.6. The van der Waals surface area contributed by atoms with E-state index in [0.717, 1.165) is 10.9 Å². The van der Waals surface area contributed by atoms with Crippen LogP contribution in [0.25, 0.3) is 10.9 Å². The van der Waals surface area contributed by atoms with Gasteiger partial charge >= 0.3 is 5.97 Å². The first-order chi connectivity index (χ1) is 9.74. The lowest BCUT2D eigenvalue weighted by Crippen LogP contribution is -2.12. The van der Waals surface area contributed by atoms with Crippen molar-refractivity contribution in [3.8, 4) is 5.88 Å². The molecule has 1 heterocycles. The fraction of sp³-hybridized carbons (Fsp3) is 0.231. The summed E-state index contributed by atoms with van der Waals surface area (Å²) in [6, 6.07) is 6.99. The van der Waals surface area contributed by atoms with Gasteiger partial charge in [-0.2, -0.15) is 0 Å². The molecule has 0 aliphatic rings. The summed E-state index contributed by atoms with van der Waals surface area (Å²) in [5, 5.41) is 12.3. The Bertz CT molecular complexity index is 803. The van der Waals surface area contributed by atoms with Crippen LogP contribution in [0.3, 0.4) is 0 Å². The molecule has 0 fully saturated rings. The fourth-order valence-corrected chi connectivity index (χ4v) is 2.46. The number of fused-ring (bicyclic) bond motifs is 1. The summed E-state index contributed by atoms with van der Waals surface area (Å²) in [6.45, 7) is 1.69. The average Bonchev–Trinajstić information content (AvgIpc) is 2.33. The minimum atomic E-state index is -2.82. The molecule has 2 aromatic rings. The van der Waals surface area contributed by atoms with Gasteiger partial charge in [0.1, 0.15) is 6.54 Å². The van der Waals surface area contributed by atoms with E-state index in [0.29, 0.717) is 11.2 Å². The zero-order valence-corrected chi connectivity index (χ0v) is 13.1. The number of carboxylic acids is 1. The van der Waals surface area contributed by atoms with E-state index < -0.39 is 14.7 Å². The molecule has 2 N–H and O–H groups in total. The molecular weight excluding hydrogens is 312 g/mol. The monoisotopic (exact) mass is 326 g/mol. The summed E-state index contributed by atoms with van der Waals surface area (Å²) in [7, 11) is -2.82. The number of pyridine rings is 1. The molecule has 0 saturated heterocycles. The first-order valence-electron chi connectivity index (χ1n) is 6.01. The van der Waals surface area contributed by atoms with E-state index in [4.69, 9.17) is 20.5 Å². The summed E-state index contributed by atoms with van der Waals surface area (Å²) < 4.78 is 16.7. The molecule has 0 bridgehead atoms. The van der Waals surface area contributed by atoms with Gasteiger partial charge in [0.2, 0.25) is 5.88 Å². The van der Waals surface area contributed by atoms with Gasteiger partial charge in [0.25, 0.3) is 0 Å². The molecule has 112 valence electrons. The number of rotatable bonds is 5. The Morgan fingerprint density at radius 1 is 1.48 bits per heavy atom. The van der Waals surface area contributed by atoms with Crippen LogP contribution in [0.2, 0.25) is 0 Å². The van der Waals surface area contributed by atoms with E-state index in [2.05, 4.69) is 10.3 Å². The molecule has 0 amide bonds. The average molecular weight is 326 g/mol. The molecular formula is C13H14N2O4S2. The van der Waals surface area contributed by atoms with E-state index >= 15 is 0 Å². The quantitative estimate of drug-likeness (QED) is 0.864. The van der Waals surface area contributed by atoms with Crippen molar-refractivity contribution >= 4 is 42.5 Å². The van der Waals surface area contributed by atoms with Crippen LogP contribution >= 0.6 is 0 Å². The standard InChI is InChI=1S/C13H14N2O4S2/c1-8-5-12(19-21(2,18)20)15-11-6-9(3-4-10(8)11)14-7-13(16)17/h3-6,14H,7H2,1-2H3,(H,16,17). The maximum absolute atomic E-state index is 11.5. The molecule has 21 heavy (non-hydrogen) atoms. The Labute approximate surface area is 127 Å². The van der Waals surface area contributed by atoms with Crippen molar-refractivity contribution in [2.24, 2.45) is 0 Å². The second-order valence-corrected chi connectivity index (χ2v) is 7.94. The van der Waals surface area contributed by atoms with Crippen LogP contribution in [0.4, 0.5) is 5.69 Å². The van der Waals surface area contributed by atoms with Gasteiger partial charge in [0.05, 0.1) is 5.52 Å². The van der Waals surface area contributed by atoms with Gasteiger partial charge in [-0.05, 0) is 24.6 Å². The number of anilines is 1. The lowest BCUT2D eigenvalue weighted by molar-refractivity contribution is -0.134. The molecule has 0 aliphatic carbocycles. The number of nitrogens with one attached hydrogen (secondary N) is 1. The van der Waals surface area contributed by atoms with Crippen LogP contribution in [0.1, 0.15) is 5.56 Å². The highest BCUT2D eigenvalue weighted by Gasteiger charge is 2.08. The third kappa shape index (κ3) is 4.27. The van der Waals surface area contributed by atoms with Crippen molar-refractivity contribution in [1.29, 1.82) is 0 Å². The summed E-state index contributed by atoms with van der Waals surface area (Å²) in [4.78, 5) is 14.8.